The molecule has 0 radical (unpaired) electrons. The van der Waals surface area contributed by atoms with Crippen molar-refractivity contribution >= 4 is 23.2 Å². The van der Waals surface area contributed by atoms with Gasteiger partial charge in [-0.2, -0.15) is 11.3 Å². The molecule has 0 aromatic carbocycles. The molecular weight excluding hydrogens is 336 g/mol. The van der Waals surface area contributed by atoms with Gasteiger partial charge in [0.15, 0.2) is 0 Å². The van der Waals surface area contributed by atoms with Gasteiger partial charge in [0.2, 0.25) is 0 Å². The molecule has 2 amide bonds. The van der Waals surface area contributed by atoms with Gasteiger partial charge in [-0.3, -0.25) is 14.5 Å². The lowest BCUT2D eigenvalue weighted by Crippen LogP contribution is -2.50. The van der Waals surface area contributed by atoms with Gasteiger partial charge in [0, 0.05) is 38.8 Å². The van der Waals surface area contributed by atoms with E-state index in [1.165, 1.54) is 5.56 Å². The molecule has 1 aliphatic carbocycles. The minimum absolute atomic E-state index is 0.128. The minimum Gasteiger partial charge on any atom is -0.346 e. The number of nitrogens with one attached hydrogen (secondary N) is 2. The average molecular weight is 365 g/mol. The zero-order chi connectivity index (χ0) is 17.6. The second-order valence-electron chi connectivity index (χ2n) is 7.08. The van der Waals surface area contributed by atoms with E-state index in [0.29, 0.717) is 6.54 Å². The smallest absolute Gasteiger partial charge is 0.309 e. The molecule has 2 heterocycles. The largest absolute Gasteiger partial charge is 0.346 e. The van der Waals surface area contributed by atoms with Gasteiger partial charge in [-0.25, -0.2) is 0 Å². The normalized spacial score (nSPS) is 21.2. The molecule has 0 spiro atoms. The highest BCUT2D eigenvalue weighted by Crippen LogP contribution is 2.23. The summed E-state index contributed by atoms with van der Waals surface area (Å²) < 4.78 is 0. The third kappa shape index (κ3) is 5.03. The molecule has 1 aliphatic heterocycles. The quantitative estimate of drug-likeness (QED) is 0.771. The predicted molar refractivity (Wildman–Crippen MR) is 99.5 cm³/mol. The molecule has 1 aromatic rings. The Balaban J connectivity index is 1.54. The van der Waals surface area contributed by atoms with Crippen LogP contribution < -0.4 is 10.6 Å². The summed E-state index contributed by atoms with van der Waals surface area (Å²) in [6.45, 7) is 4.47. The highest BCUT2D eigenvalue weighted by atomic mass is 32.1. The van der Waals surface area contributed by atoms with Gasteiger partial charge in [0.05, 0.1) is 6.04 Å². The Morgan fingerprint density at radius 2 is 1.92 bits per heavy atom. The standard InChI is InChI=1S/C18H28N4O2S/c1-21-7-9-22(10-8-21)16(14-6-11-25-13-14)12-19-17(23)18(24)20-15-4-2-3-5-15/h6,11,13,15-16H,2-5,7-10,12H2,1H3,(H,19,23)(H,20,24)/t16-/m0/s1. The van der Waals surface area contributed by atoms with Crippen molar-refractivity contribution in [1.29, 1.82) is 0 Å². The highest BCUT2D eigenvalue weighted by Gasteiger charge is 2.26. The molecule has 0 bridgehead atoms. The predicted octanol–water partition coefficient (Wildman–Crippen LogP) is 1.21. The third-order valence-corrected chi connectivity index (χ3v) is 5.96. The number of rotatable bonds is 5. The number of piperazine rings is 1. The van der Waals surface area contributed by atoms with Crippen LogP contribution in [0.25, 0.3) is 0 Å². The van der Waals surface area contributed by atoms with Crippen LogP contribution in [0.1, 0.15) is 37.3 Å². The SMILES string of the molecule is CN1CCN([C@@H](CNC(=O)C(=O)NC2CCCC2)c2ccsc2)CC1. The fourth-order valence-electron chi connectivity index (χ4n) is 3.65. The van der Waals surface area contributed by atoms with Crippen LogP contribution in [0.3, 0.4) is 0 Å². The van der Waals surface area contributed by atoms with Crippen molar-refractivity contribution in [3.8, 4) is 0 Å². The summed E-state index contributed by atoms with van der Waals surface area (Å²) in [5, 5.41) is 9.90. The number of thiophene rings is 1. The molecule has 2 N–H and O–H groups in total. The van der Waals surface area contributed by atoms with Crippen LogP contribution in [0.2, 0.25) is 0 Å². The maximum atomic E-state index is 12.2. The van der Waals surface area contributed by atoms with Gasteiger partial charge in [0.25, 0.3) is 0 Å². The van der Waals surface area contributed by atoms with Gasteiger partial charge in [-0.15, -0.1) is 0 Å². The first-order valence-electron chi connectivity index (χ1n) is 9.17. The summed E-state index contributed by atoms with van der Waals surface area (Å²) in [7, 11) is 2.13. The summed E-state index contributed by atoms with van der Waals surface area (Å²) in [4.78, 5) is 29.0. The summed E-state index contributed by atoms with van der Waals surface area (Å²) in [6, 6.07) is 2.41. The molecule has 25 heavy (non-hydrogen) atoms. The van der Waals surface area contributed by atoms with Gasteiger partial charge >= 0.3 is 11.8 Å². The van der Waals surface area contributed by atoms with Crippen molar-refractivity contribution in [2.45, 2.75) is 37.8 Å². The molecule has 7 heteroatoms. The van der Waals surface area contributed by atoms with Crippen LogP contribution in [0.15, 0.2) is 16.8 Å². The number of hydrogen-bond donors (Lipinski definition) is 2. The number of nitrogens with zero attached hydrogens (tertiary/aromatic N) is 2. The lowest BCUT2D eigenvalue weighted by atomic mass is 10.1. The minimum atomic E-state index is -0.513. The highest BCUT2D eigenvalue weighted by molar-refractivity contribution is 7.07. The fourth-order valence-corrected chi connectivity index (χ4v) is 4.35. The van der Waals surface area contributed by atoms with Crippen molar-refractivity contribution in [1.82, 2.24) is 20.4 Å². The topological polar surface area (TPSA) is 64.7 Å². The summed E-state index contributed by atoms with van der Waals surface area (Å²) in [6.07, 6.45) is 4.24. The summed E-state index contributed by atoms with van der Waals surface area (Å²) in [5.41, 5.74) is 1.21. The van der Waals surface area contributed by atoms with Crippen LogP contribution >= 0.6 is 11.3 Å². The first-order valence-corrected chi connectivity index (χ1v) is 10.1. The molecule has 2 aliphatic rings. The number of carbonyl (C=O) groups is 2. The summed E-state index contributed by atoms with van der Waals surface area (Å²) in [5.74, 6) is -1.00. The van der Waals surface area contributed by atoms with Crippen LogP contribution in [-0.4, -0.2) is 67.4 Å². The van der Waals surface area contributed by atoms with Crippen molar-refractivity contribution < 1.29 is 9.59 Å². The van der Waals surface area contributed by atoms with Crippen LogP contribution in [0, 0.1) is 0 Å². The van der Waals surface area contributed by atoms with Gasteiger partial charge in [0.1, 0.15) is 0 Å². The van der Waals surface area contributed by atoms with Gasteiger partial charge < -0.3 is 15.5 Å². The van der Waals surface area contributed by atoms with E-state index < -0.39 is 11.8 Å². The molecule has 2 fully saturated rings. The number of amides is 2. The van der Waals surface area contributed by atoms with E-state index in [1.807, 2.05) is 0 Å². The lowest BCUT2D eigenvalue weighted by molar-refractivity contribution is -0.139. The second kappa shape index (κ2) is 8.78. The third-order valence-electron chi connectivity index (χ3n) is 5.26. The Hall–Kier alpha value is -1.44. The van der Waals surface area contributed by atoms with E-state index >= 15 is 0 Å². The number of carbonyl (C=O) groups excluding carboxylic acids is 2. The van der Waals surface area contributed by atoms with E-state index in [1.54, 1.807) is 11.3 Å². The summed E-state index contributed by atoms with van der Waals surface area (Å²) >= 11 is 1.67. The maximum Gasteiger partial charge on any atom is 0.309 e. The molecule has 138 valence electrons. The molecule has 6 nitrogen and oxygen atoms in total. The average Bonchev–Trinajstić information content (AvgIpc) is 3.30. The van der Waals surface area contributed by atoms with E-state index in [0.717, 1.165) is 51.9 Å². The van der Waals surface area contributed by atoms with E-state index in [4.69, 9.17) is 0 Å². The van der Waals surface area contributed by atoms with Crippen LogP contribution in [0.5, 0.6) is 0 Å². The van der Waals surface area contributed by atoms with Crippen LogP contribution in [0.4, 0.5) is 0 Å². The first-order chi connectivity index (χ1) is 12.1. The fraction of sp³-hybridized carbons (Fsp3) is 0.667. The first kappa shape index (κ1) is 18.4. The molecule has 1 saturated heterocycles. The van der Waals surface area contributed by atoms with Crippen LogP contribution in [-0.2, 0) is 9.59 Å². The molecule has 1 atom stereocenters. The second-order valence-corrected chi connectivity index (χ2v) is 7.86. The monoisotopic (exact) mass is 364 g/mol. The van der Waals surface area contributed by atoms with Crippen molar-refractivity contribution in [3.05, 3.63) is 22.4 Å². The maximum absolute atomic E-state index is 12.2. The Labute approximate surface area is 153 Å². The molecular formula is C18H28N4O2S. The number of likely N-dealkylation sites (N-methyl/N-ethyl adjacent to an activating group) is 1. The van der Waals surface area contributed by atoms with E-state index in [2.05, 4.69) is 44.3 Å². The van der Waals surface area contributed by atoms with Gasteiger partial charge in [-0.05, 0) is 42.3 Å². The Morgan fingerprint density at radius 1 is 1.20 bits per heavy atom. The Bertz CT molecular complexity index is 564. The van der Waals surface area contributed by atoms with Crippen molar-refractivity contribution in [2.75, 3.05) is 39.8 Å². The van der Waals surface area contributed by atoms with Crippen molar-refractivity contribution in [3.63, 3.8) is 0 Å². The zero-order valence-electron chi connectivity index (χ0n) is 14.9. The van der Waals surface area contributed by atoms with Crippen molar-refractivity contribution in [2.24, 2.45) is 0 Å². The Kier molecular flexibility index (Phi) is 6.45. The molecule has 0 unspecified atom stereocenters. The van der Waals surface area contributed by atoms with E-state index in [-0.39, 0.29) is 12.1 Å². The molecule has 3 rings (SSSR count). The molecule has 1 aromatic heterocycles. The molecule has 1 saturated carbocycles. The Morgan fingerprint density at radius 3 is 2.56 bits per heavy atom. The number of hydrogen-bond acceptors (Lipinski definition) is 5. The van der Waals surface area contributed by atoms with E-state index in [9.17, 15) is 9.59 Å². The van der Waals surface area contributed by atoms with Gasteiger partial charge in [-0.1, -0.05) is 12.8 Å². The zero-order valence-corrected chi connectivity index (χ0v) is 15.7. The lowest BCUT2D eigenvalue weighted by Gasteiger charge is -2.37.